The van der Waals surface area contributed by atoms with Crippen molar-refractivity contribution in [3.63, 3.8) is 0 Å². The number of benzene rings is 4. The van der Waals surface area contributed by atoms with Gasteiger partial charge in [0.05, 0.1) is 11.2 Å². The molecule has 4 heterocycles. The quantitative estimate of drug-likeness (QED) is 0.118. The van der Waals surface area contributed by atoms with Gasteiger partial charge in [-0.3, -0.25) is 24.6 Å². The van der Waals surface area contributed by atoms with Crippen molar-refractivity contribution < 1.29 is 14.4 Å². The molecule has 0 saturated carbocycles. The normalized spacial score (nSPS) is 16.5. The Morgan fingerprint density at radius 3 is 2.29 bits per heavy atom. The van der Waals surface area contributed by atoms with Crippen LogP contribution in [-0.2, 0) is 29.1 Å². The number of likely N-dealkylation sites (tertiary alicyclic amines) is 1. The molecule has 4 aromatic carbocycles. The maximum Gasteiger partial charge on any atom is 0.251 e. The molecule has 56 heavy (non-hydrogen) atoms. The van der Waals surface area contributed by atoms with Crippen LogP contribution < -0.4 is 16.0 Å². The second-order valence-corrected chi connectivity index (χ2v) is 15.1. The first-order valence-corrected chi connectivity index (χ1v) is 19.6. The molecule has 0 spiro atoms. The number of hydrogen-bond acceptors (Lipinski definition) is 7. The van der Waals surface area contributed by atoms with Crippen molar-refractivity contribution in [3.8, 4) is 22.4 Å². The maximum atomic E-state index is 12.8. The van der Waals surface area contributed by atoms with Crippen molar-refractivity contribution in [1.82, 2.24) is 30.1 Å². The van der Waals surface area contributed by atoms with Crippen molar-refractivity contribution in [2.75, 3.05) is 18.4 Å². The largest absolute Gasteiger partial charge is 0.374 e. The Kier molecular flexibility index (Phi) is 10.7. The topological polar surface area (TPSA) is 121 Å². The third-order valence-corrected chi connectivity index (χ3v) is 11.3. The van der Waals surface area contributed by atoms with Crippen LogP contribution in [0.3, 0.4) is 0 Å². The molecule has 6 aromatic rings. The zero-order valence-corrected chi connectivity index (χ0v) is 31.9. The predicted octanol–water partition coefficient (Wildman–Crippen LogP) is 7.46. The number of aromatic nitrogens is 3. The SMILES string of the molecule is CCc1ccc(C(=O)NCc2ccc(-c3ncnn4cc(-c5ccc(CN6CCC(c7ccc(NC8CCC(=O)NC8=O)cc7)CC6)cc5)cc34)cc2C)cc1. The Hall–Kier alpha value is -6.13. The van der Waals surface area contributed by atoms with Gasteiger partial charge in [-0.05, 0) is 121 Å². The molecule has 3 amide bonds. The number of imide groups is 1. The van der Waals surface area contributed by atoms with E-state index in [-0.39, 0.29) is 23.8 Å². The van der Waals surface area contributed by atoms with Gasteiger partial charge in [0.1, 0.15) is 12.4 Å². The number of nitrogens with one attached hydrogen (secondary N) is 3. The molecule has 284 valence electrons. The molecule has 2 fully saturated rings. The van der Waals surface area contributed by atoms with Crippen LogP contribution in [0.25, 0.3) is 27.9 Å². The highest BCUT2D eigenvalue weighted by molar-refractivity contribution is 6.01. The molecule has 8 rings (SSSR count). The van der Waals surface area contributed by atoms with Gasteiger partial charge in [-0.15, -0.1) is 0 Å². The lowest BCUT2D eigenvalue weighted by Gasteiger charge is -2.32. The molecule has 2 saturated heterocycles. The Morgan fingerprint density at radius 2 is 1.57 bits per heavy atom. The van der Waals surface area contributed by atoms with Gasteiger partial charge in [-0.2, -0.15) is 5.10 Å². The molecular weight excluding hydrogens is 699 g/mol. The molecule has 0 aliphatic carbocycles. The molecular formula is C46H47N7O3. The van der Waals surface area contributed by atoms with Crippen molar-refractivity contribution in [2.24, 2.45) is 0 Å². The van der Waals surface area contributed by atoms with E-state index < -0.39 is 0 Å². The number of rotatable bonds is 11. The molecule has 3 N–H and O–H groups in total. The molecule has 1 unspecified atom stereocenters. The van der Waals surface area contributed by atoms with Crippen LogP contribution in [0.4, 0.5) is 5.69 Å². The van der Waals surface area contributed by atoms with Crippen molar-refractivity contribution in [3.05, 3.63) is 143 Å². The van der Waals surface area contributed by atoms with Crippen LogP contribution >= 0.6 is 0 Å². The predicted molar refractivity (Wildman–Crippen MR) is 219 cm³/mol. The number of piperidine rings is 2. The van der Waals surface area contributed by atoms with Gasteiger partial charge in [0.15, 0.2) is 0 Å². The van der Waals surface area contributed by atoms with Crippen LogP contribution in [0.15, 0.2) is 110 Å². The fourth-order valence-corrected chi connectivity index (χ4v) is 7.89. The Labute approximate surface area is 327 Å². The second kappa shape index (κ2) is 16.3. The van der Waals surface area contributed by atoms with Crippen LogP contribution in [0.1, 0.15) is 76.7 Å². The van der Waals surface area contributed by atoms with E-state index in [4.69, 9.17) is 0 Å². The summed E-state index contributed by atoms with van der Waals surface area (Å²) in [4.78, 5) is 43.6. The van der Waals surface area contributed by atoms with E-state index in [0.717, 1.165) is 83.6 Å². The lowest BCUT2D eigenvalue weighted by atomic mass is 9.89. The monoisotopic (exact) mass is 745 g/mol. The minimum Gasteiger partial charge on any atom is -0.374 e. The minimum atomic E-state index is -0.371. The third kappa shape index (κ3) is 8.25. The fourth-order valence-electron chi connectivity index (χ4n) is 7.89. The molecule has 0 radical (unpaired) electrons. The lowest BCUT2D eigenvalue weighted by Crippen LogP contribution is -2.47. The highest BCUT2D eigenvalue weighted by atomic mass is 16.2. The first-order valence-electron chi connectivity index (χ1n) is 19.6. The summed E-state index contributed by atoms with van der Waals surface area (Å²) in [7, 11) is 0. The highest BCUT2D eigenvalue weighted by Crippen LogP contribution is 2.32. The van der Waals surface area contributed by atoms with Gasteiger partial charge in [-0.25, -0.2) is 9.50 Å². The van der Waals surface area contributed by atoms with Crippen molar-refractivity contribution in [1.29, 1.82) is 0 Å². The van der Waals surface area contributed by atoms with Gasteiger partial charge in [0.25, 0.3) is 5.91 Å². The number of fused-ring (bicyclic) bond motifs is 1. The number of anilines is 1. The maximum absolute atomic E-state index is 12.8. The molecule has 2 aliphatic heterocycles. The zero-order chi connectivity index (χ0) is 38.6. The summed E-state index contributed by atoms with van der Waals surface area (Å²) in [6.45, 7) is 7.62. The van der Waals surface area contributed by atoms with Crippen LogP contribution in [0.2, 0.25) is 0 Å². The van der Waals surface area contributed by atoms with Crippen LogP contribution in [0.5, 0.6) is 0 Å². The van der Waals surface area contributed by atoms with Crippen LogP contribution in [-0.4, -0.2) is 56.4 Å². The summed E-state index contributed by atoms with van der Waals surface area (Å²) >= 11 is 0. The lowest BCUT2D eigenvalue weighted by molar-refractivity contribution is -0.133. The van der Waals surface area contributed by atoms with E-state index in [1.54, 1.807) is 6.33 Å². The van der Waals surface area contributed by atoms with Crippen molar-refractivity contribution >= 4 is 28.9 Å². The summed E-state index contributed by atoms with van der Waals surface area (Å²) in [5, 5.41) is 13.3. The average molecular weight is 746 g/mol. The number of carbonyl (C=O) groups is 3. The van der Waals surface area contributed by atoms with Gasteiger partial charge in [0.2, 0.25) is 11.8 Å². The van der Waals surface area contributed by atoms with E-state index in [1.807, 2.05) is 40.9 Å². The van der Waals surface area contributed by atoms with Gasteiger partial charge < -0.3 is 10.6 Å². The molecule has 1 atom stereocenters. The average Bonchev–Trinajstić information content (AvgIpc) is 3.67. The molecule has 10 heteroatoms. The molecule has 0 bridgehead atoms. The van der Waals surface area contributed by atoms with Crippen LogP contribution in [0, 0.1) is 6.92 Å². The summed E-state index contributed by atoms with van der Waals surface area (Å²) in [5.74, 6) is -0.0170. The third-order valence-electron chi connectivity index (χ3n) is 11.3. The van der Waals surface area contributed by atoms with E-state index in [1.165, 1.54) is 16.7 Å². The van der Waals surface area contributed by atoms with Gasteiger partial charge in [0, 0.05) is 48.1 Å². The zero-order valence-electron chi connectivity index (χ0n) is 31.9. The molecule has 2 aliphatic rings. The number of carbonyl (C=O) groups excluding carboxylic acids is 3. The first-order chi connectivity index (χ1) is 27.3. The number of aryl methyl sites for hydroxylation is 2. The Bertz CT molecular complexity index is 2360. The minimum absolute atomic E-state index is 0.0776. The summed E-state index contributed by atoms with van der Waals surface area (Å²) in [6.07, 6.45) is 7.69. The molecule has 2 aromatic heterocycles. The van der Waals surface area contributed by atoms with Crippen molar-refractivity contribution in [2.45, 2.75) is 71.0 Å². The summed E-state index contributed by atoms with van der Waals surface area (Å²) < 4.78 is 1.89. The van der Waals surface area contributed by atoms with Gasteiger partial charge >= 0.3 is 0 Å². The van der Waals surface area contributed by atoms with E-state index in [9.17, 15) is 14.4 Å². The number of nitrogens with zero attached hydrogens (tertiary/aromatic N) is 4. The standard InChI is InChI=1S/C46H47N7O3/c1-3-31-4-10-36(11-5-31)45(55)47-26-38-13-12-37(24-30(38)2)44-42-25-39(28-53(42)49-29-48-44)34-8-6-32(7-9-34)27-52-22-20-35(21-23-52)33-14-16-40(17-15-33)50-41-18-19-43(54)51-46(41)56/h4-17,24-25,28-29,35,41,50H,3,18-23,26-27H2,1-2H3,(H,47,55)(H,51,54,56). The fraction of sp³-hybridized carbons (Fsp3) is 0.283. The number of hydrogen-bond donors (Lipinski definition) is 3. The summed E-state index contributed by atoms with van der Waals surface area (Å²) in [5.41, 5.74) is 12.6. The Morgan fingerprint density at radius 1 is 0.839 bits per heavy atom. The highest BCUT2D eigenvalue weighted by Gasteiger charge is 2.27. The first kappa shape index (κ1) is 36.8. The smallest absolute Gasteiger partial charge is 0.251 e. The van der Waals surface area contributed by atoms with E-state index >= 15 is 0 Å². The molecule has 10 nitrogen and oxygen atoms in total. The Balaban J connectivity index is 0.858. The van der Waals surface area contributed by atoms with Gasteiger partial charge in [-0.1, -0.05) is 67.6 Å². The van der Waals surface area contributed by atoms with E-state index in [0.29, 0.717) is 30.9 Å². The van der Waals surface area contributed by atoms with E-state index in [2.05, 4.69) is 112 Å². The second-order valence-electron chi connectivity index (χ2n) is 15.1. The summed E-state index contributed by atoms with van der Waals surface area (Å²) in [6, 6.07) is 33.1. The number of amides is 3.